The first-order valence-electron chi connectivity index (χ1n) is 14.1. The number of furan rings is 1. The molecule has 0 saturated carbocycles. The van der Waals surface area contributed by atoms with Gasteiger partial charge in [-0.2, -0.15) is 0 Å². The second kappa shape index (κ2) is 14.8. The van der Waals surface area contributed by atoms with Crippen LogP contribution in [-0.2, 0) is 27.4 Å². The highest BCUT2D eigenvalue weighted by atomic mass is 35.5. The van der Waals surface area contributed by atoms with Crippen LogP contribution in [-0.4, -0.2) is 40.0 Å². The Morgan fingerprint density at radius 1 is 1.02 bits per heavy atom. The fourth-order valence-corrected chi connectivity index (χ4v) is 5.76. The Bertz CT molecular complexity index is 1400. The molecule has 3 aromatic rings. The summed E-state index contributed by atoms with van der Waals surface area (Å²) in [5, 5.41) is 2.45. The van der Waals surface area contributed by atoms with Gasteiger partial charge in [-0.3, -0.25) is 14.5 Å². The zero-order chi connectivity index (χ0) is 32.7. The summed E-state index contributed by atoms with van der Waals surface area (Å²) in [5.41, 5.74) is 0.970. The lowest BCUT2D eigenvalue weighted by Crippen LogP contribution is -2.40. The summed E-state index contributed by atoms with van der Waals surface area (Å²) in [4.78, 5) is 29.0. The molecule has 2 aromatic carbocycles. The average Bonchev–Trinajstić information content (AvgIpc) is 3.42. The van der Waals surface area contributed by atoms with Crippen LogP contribution in [0.1, 0.15) is 64.3 Å². The molecule has 3 rings (SSSR count). The van der Waals surface area contributed by atoms with Crippen molar-refractivity contribution >= 4 is 40.9 Å². The summed E-state index contributed by atoms with van der Waals surface area (Å²) >= 11 is 7.47. The Labute approximate surface area is 265 Å². The van der Waals surface area contributed by atoms with E-state index in [1.165, 1.54) is 17.8 Å². The van der Waals surface area contributed by atoms with Crippen molar-refractivity contribution in [2.24, 2.45) is 0 Å². The number of nitrogens with one attached hydrogen (secondary N) is 1. The van der Waals surface area contributed by atoms with Gasteiger partial charge < -0.3 is 19.2 Å². The second-order valence-electron chi connectivity index (χ2n) is 11.4. The van der Waals surface area contributed by atoms with E-state index in [1.807, 2.05) is 63.8 Å². The number of carbonyl (C=O) groups excluding carboxylic acids is 2. The summed E-state index contributed by atoms with van der Waals surface area (Å²) in [6, 6.07) is 13.7. The summed E-state index contributed by atoms with van der Waals surface area (Å²) in [7, 11) is 0. The number of esters is 1. The van der Waals surface area contributed by atoms with Crippen LogP contribution in [0, 0.1) is 6.92 Å². The third-order valence-corrected chi connectivity index (χ3v) is 8.60. The highest BCUT2D eigenvalue weighted by Gasteiger charge is 2.40. The van der Waals surface area contributed by atoms with Crippen molar-refractivity contribution in [3.05, 3.63) is 76.7 Å². The number of nitrogens with zero attached hydrogens (tertiary/aromatic N) is 1. The minimum absolute atomic E-state index is 0.0392. The molecule has 0 aliphatic carbocycles. The lowest BCUT2D eigenvalue weighted by Gasteiger charge is -2.32. The molecular formula is C32H38ClF3N2O5S. The van der Waals surface area contributed by atoms with Crippen molar-refractivity contribution in [1.82, 2.24) is 4.90 Å². The van der Waals surface area contributed by atoms with Crippen LogP contribution in [0.25, 0.3) is 0 Å². The van der Waals surface area contributed by atoms with Gasteiger partial charge in [-0.25, -0.2) is 0 Å². The normalized spacial score (nSPS) is 12.3. The van der Waals surface area contributed by atoms with E-state index < -0.39 is 22.5 Å². The van der Waals surface area contributed by atoms with Gasteiger partial charge in [0, 0.05) is 17.1 Å². The number of anilines is 1. The number of ether oxygens (including phenoxy) is 2. The summed E-state index contributed by atoms with van der Waals surface area (Å²) < 4.78 is 52.5. The molecule has 0 fully saturated rings. The van der Waals surface area contributed by atoms with Crippen LogP contribution in [0.5, 0.6) is 5.75 Å². The largest absolute Gasteiger partial charge is 0.573 e. The number of thioether (sulfide) groups is 1. The lowest BCUT2D eigenvalue weighted by molar-refractivity contribution is -0.274. The minimum atomic E-state index is -4.89. The van der Waals surface area contributed by atoms with E-state index in [2.05, 4.69) is 10.1 Å². The Kier molecular flexibility index (Phi) is 11.8. The first kappa shape index (κ1) is 35.3. The van der Waals surface area contributed by atoms with Crippen LogP contribution < -0.4 is 10.1 Å². The van der Waals surface area contributed by atoms with Gasteiger partial charge in [0.25, 0.3) is 0 Å². The number of alkyl halides is 3. The van der Waals surface area contributed by atoms with Gasteiger partial charge in [-0.1, -0.05) is 37.6 Å². The zero-order valence-corrected chi connectivity index (χ0v) is 27.2. The number of carbonyl (C=O) groups is 2. The van der Waals surface area contributed by atoms with E-state index in [1.54, 1.807) is 25.3 Å². The van der Waals surface area contributed by atoms with E-state index in [0.29, 0.717) is 37.3 Å². The molecule has 1 heterocycles. The average molecular weight is 655 g/mol. The van der Waals surface area contributed by atoms with Crippen LogP contribution in [0.15, 0.2) is 64.1 Å². The summed E-state index contributed by atoms with van der Waals surface area (Å²) in [6.07, 6.45) is -2.12. The second-order valence-corrected chi connectivity index (χ2v) is 13.2. The zero-order valence-electron chi connectivity index (χ0n) is 25.6. The molecule has 0 saturated heterocycles. The van der Waals surface area contributed by atoms with Gasteiger partial charge >= 0.3 is 12.3 Å². The molecule has 0 unspecified atom stereocenters. The van der Waals surface area contributed by atoms with Crippen molar-refractivity contribution in [3.63, 3.8) is 0 Å². The molecule has 0 spiro atoms. The number of hydrogen-bond donors (Lipinski definition) is 1. The van der Waals surface area contributed by atoms with E-state index in [4.69, 9.17) is 20.8 Å². The molecule has 44 heavy (non-hydrogen) atoms. The van der Waals surface area contributed by atoms with E-state index in [0.717, 1.165) is 16.5 Å². The third-order valence-electron chi connectivity index (χ3n) is 6.66. The summed E-state index contributed by atoms with van der Waals surface area (Å²) in [5.74, 6) is -0.512. The molecule has 0 radical (unpaired) electrons. The van der Waals surface area contributed by atoms with Crippen molar-refractivity contribution in [1.29, 1.82) is 0 Å². The lowest BCUT2D eigenvalue weighted by atomic mass is 10.0. The van der Waals surface area contributed by atoms with Crippen LogP contribution in [0.2, 0.25) is 5.02 Å². The molecule has 0 aliphatic heterocycles. The quantitative estimate of drug-likeness (QED) is 0.146. The smallest absolute Gasteiger partial charge is 0.468 e. The van der Waals surface area contributed by atoms with E-state index in [-0.39, 0.29) is 29.1 Å². The standard InChI is InChI=1S/C32H38ClF3N2O5S/c1-7-31(8-2,29(40)43-30(4,5)6)44-24-13-11-22(12-14-24)18-38(19-23-10-9-15-41-23)20-28(39)37-26-17-25(33)27(16-21(26)3)42-32(34,35)36/h9-17H,7-8,18-20H2,1-6H3,(H,37,39). The molecule has 0 atom stereocenters. The minimum Gasteiger partial charge on any atom is -0.468 e. The molecule has 0 aliphatic rings. The molecule has 1 amide bonds. The maximum Gasteiger partial charge on any atom is 0.573 e. The van der Waals surface area contributed by atoms with Crippen molar-refractivity contribution in [2.75, 3.05) is 11.9 Å². The summed E-state index contributed by atoms with van der Waals surface area (Å²) in [6.45, 7) is 11.8. The fourth-order valence-electron chi connectivity index (χ4n) is 4.42. The predicted molar refractivity (Wildman–Crippen MR) is 166 cm³/mol. The SMILES string of the molecule is CCC(CC)(Sc1ccc(CN(CC(=O)Nc2cc(Cl)c(OC(F)(F)F)cc2C)Cc2ccco2)cc1)C(=O)OC(C)(C)C. The first-order valence-corrected chi connectivity index (χ1v) is 15.3. The number of amides is 1. The first-order chi connectivity index (χ1) is 20.5. The highest BCUT2D eigenvalue weighted by Crippen LogP contribution is 2.40. The van der Waals surface area contributed by atoms with Crippen LogP contribution in [0.4, 0.5) is 18.9 Å². The molecule has 240 valence electrons. The Balaban J connectivity index is 1.73. The van der Waals surface area contributed by atoms with Gasteiger partial charge in [0.2, 0.25) is 5.91 Å². The van der Waals surface area contributed by atoms with Gasteiger partial charge in [0.05, 0.1) is 24.4 Å². The Morgan fingerprint density at radius 2 is 1.68 bits per heavy atom. The molecule has 12 heteroatoms. The van der Waals surface area contributed by atoms with Crippen molar-refractivity contribution in [3.8, 4) is 5.75 Å². The number of halogens is 4. The molecule has 7 nitrogen and oxygen atoms in total. The third kappa shape index (κ3) is 10.5. The maximum atomic E-state index is 13.1. The Morgan fingerprint density at radius 3 is 2.23 bits per heavy atom. The number of rotatable bonds is 13. The topological polar surface area (TPSA) is 81.0 Å². The Hall–Kier alpha value is -3.15. The van der Waals surface area contributed by atoms with Gasteiger partial charge in [-0.05, 0) is 88.1 Å². The number of aryl methyl sites for hydroxylation is 1. The van der Waals surface area contributed by atoms with Crippen LogP contribution >= 0.6 is 23.4 Å². The van der Waals surface area contributed by atoms with Crippen LogP contribution in [0.3, 0.4) is 0 Å². The van der Waals surface area contributed by atoms with E-state index in [9.17, 15) is 22.8 Å². The molecular weight excluding hydrogens is 617 g/mol. The van der Waals surface area contributed by atoms with Gasteiger partial charge in [0.1, 0.15) is 21.9 Å². The number of hydrogen-bond acceptors (Lipinski definition) is 7. The monoisotopic (exact) mass is 654 g/mol. The van der Waals surface area contributed by atoms with Crippen molar-refractivity contribution < 1.29 is 36.7 Å². The molecule has 1 aromatic heterocycles. The molecule has 1 N–H and O–H groups in total. The van der Waals surface area contributed by atoms with Crippen molar-refractivity contribution in [2.45, 2.75) is 89.1 Å². The van der Waals surface area contributed by atoms with E-state index >= 15 is 0 Å². The number of benzene rings is 2. The highest BCUT2D eigenvalue weighted by molar-refractivity contribution is 8.01. The molecule has 0 bridgehead atoms. The maximum absolute atomic E-state index is 13.1. The predicted octanol–water partition coefficient (Wildman–Crippen LogP) is 8.77. The van der Waals surface area contributed by atoms with Gasteiger partial charge in [-0.15, -0.1) is 24.9 Å². The fraction of sp³-hybridized carbons (Fsp3) is 0.438. The van der Waals surface area contributed by atoms with Gasteiger partial charge in [0.15, 0.2) is 0 Å².